The lowest BCUT2D eigenvalue weighted by atomic mass is 9.79. The summed E-state index contributed by atoms with van der Waals surface area (Å²) in [5.74, 6) is -0.412. The SMILES string of the molecule is COc1cc(C#N)ccc1[C@H]1C(C(N)=O)=C(C)Nc2c(C)cnc(OCC3(C#N)CC3)c21. The van der Waals surface area contributed by atoms with Crippen LogP contribution < -0.4 is 20.5 Å². The molecule has 2 aromatic rings. The molecule has 0 radical (unpaired) electrons. The Kier molecular flexibility index (Phi) is 5.23. The summed E-state index contributed by atoms with van der Waals surface area (Å²) in [7, 11) is 1.51. The van der Waals surface area contributed by atoms with Crippen LogP contribution in [0.25, 0.3) is 0 Å². The van der Waals surface area contributed by atoms with Crippen LogP contribution in [0.3, 0.4) is 0 Å². The Morgan fingerprint density at radius 1 is 1.34 bits per heavy atom. The average Bonchev–Trinajstić information content (AvgIpc) is 3.58. The highest BCUT2D eigenvalue weighted by Gasteiger charge is 2.45. The van der Waals surface area contributed by atoms with Gasteiger partial charge in [-0.1, -0.05) is 6.07 Å². The number of allylic oxidation sites excluding steroid dienone is 1. The van der Waals surface area contributed by atoms with Gasteiger partial charge < -0.3 is 20.5 Å². The summed E-state index contributed by atoms with van der Waals surface area (Å²) in [6.07, 6.45) is 3.27. The lowest BCUT2D eigenvalue weighted by Gasteiger charge is -2.32. The molecular weight excluding hydrogens is 406 g/mol. The third-order valence-corrected chi connectivity index (χ3v) is 6.08. The van der Waals surface area contributed by atoms with Crippen LogP contribution >= 0.6 is 0 Å². The number of hydrogen-bond donors (Lipinski definition) is 2. The second-order valence-corrected chi connectivity index (χ2v) is 8.25. The van der Waals surface area contributed by atoms with Gasteiger partial charge in [-0.3, -0.25) is 4.79 Å². The highest BCUT2D eigenvalue weighted by molar-refractivity contribution is 5.98. The third-order valence-electron chi connectivity index (χ3n) is 6.08. The standard InChI is InChI=1S/C24H23N5O3/c1-13-10-28-23(32-12-24(11-26)6-7-24)20-19(18(22(27)30)14(2)29-21(13)20)16-5-4-15(9-25)8-17(16)31-3/h4-5,8,10,19,29H,6-7,12H2,1-3H3,(H2,27,30)/t19-/m0/s1. The number of pyridine rings is 1. The number of nitriles is 2. The number of methoxy groups -OCH3 is 1. The van der Waals surface area contributed by atoms with Crippen molar-refractivity contribution in [1.29, 1.82) is 10.5 Å². The number of rotatable bonds is 6. The van der Waals surface area contributed by atoms with Crippen molar-refractivity contribution >= 4 is 11.6 Å². The summed E-state index contributed by atoms with van der Waals surface area (Å²) in [4.78, 5) is 17.1. The van der Waals surface area contributed by atoms with E-state index in [9.17, 15) is 15.3 Å². The number of nitrogens with zero attached hydrogens (tertiary/aromatic N) is 3. The fourth-order valence-corrected chi connectivity index (χ4v) is 4.08. The van der Waals surface area contributed by atoms with Crippen molar-refractivity contribution in [3.63, 3.8) is 0 Å². The van der Waals surface area contributed by atoms with Crippen molar-refractivity contribution in [3.8, 4) is 23.8 Å². The highest BCUT2D eigenvalue weighted by atomic mass is 16.5. The van der Waals surface area contributed by atoms with Crippen molar-refractivity contribution < 1.29 is 14.3 Å². The first kappa shape index (κ1) is 21.2. The molecule has 1 aromatic carbocycles. The summed E-state index contributed by atoms with van der Waals surface area (Å²) < 4.78 is 11.7. The van der Waals surface area contributed by atoms with E-state index in [-0.39, 0.29) is 6.61 Å². The molecule has 4 rings (SSSR count). The molecule has 1 aliphatic carbocycles. The number of carbonyl (C=O) groups excluding carboxylic acids is 1. The zero-order valence-electron chi connectivity index (χ0n) is 18.2. The van der Waals surface area contributed by atoms with E-state index in [0.717, 1.165) is 24.1 Å². The second-order valence-electron chi connectivity index (χ2n) is 8.25. The van der Waals surface area contributed by atoms with Gasteiger partial charge in [-0.05, 0) is 44.4 Å². The maximum Gasteiger partial charge on any atom is 0.247 e. The van der Waals surface area contributed by atoms with Gasteiger partial charge >= 0.3 is 0 Å². The largest absolute Gasteiger partial charge is 0.496 e. The molecule has 0 unspecified atom stereocenters. The zero-order valence-corrected chi connectivity index (χ0v) is 18.2. The van der Waals surface area contributed by atoms with Crippen molar-refractivity contribution in [3.05, 3.63) is 57.9 Å². The number of amides is 1. The Labute approximate surface area is 186 Å². The molecule has 2 aliphatic rings. The molecule has 8 nitrogen and oxygen atoms in total. The minimum absolute atomic E-state index is 0.220. The van der Waals surface area contributed by atoms with E-state index in [1.165, 1.54) is 7.11 Å². The van der Waals surface area contributed by atoms with Gasteiger partial charge in [0.2, 0.25) is 11.8 Å². The lowest BCUT2D eigenvalue weighted by molar-refractivity contribution is -0.114. The molecule has 32 heavy (non-hydrogen) atoms. The van der Waals surface area contributed by atoms with Gasteiger partial charge in [-0.2, -0.15) is 10.5 Å². The molecule has 8 heteroatoms. The molecule has 0 bridgehead atoms. The summed E-state index contributed by atoms with van der Waals surface area (Å²) in [6, 6.07) is 9.48. The van der Waals surface area contributed by atoms with E-state index >= 15 is 0 Å². The van der Waals surface area contributed by atoms with E-state index in [1.54, 1.807) is 31.3 Å². The van der Waals surface area contributed by atoms with E-state index in [2.05, 4.69) is 22.4 Å². The number of carbonyl (C=O) groups is 1. The van der Waals surface area contributed by atoms with Crippen LogP contribution in [0.2, 0.25) is 0 Å². The fourth-order valence-electron chi connectivity index (χ4n) is 4.08. The Morgan fingerprint density at radius 3 is 2.69 bits per heavy atom. The van der Waals surface area contributed by atoms with Crippen molar-refractivity contribution in [2.75, 3.05) is 19.0 Å². The number of ether oxygens (including phenoxy) is 2. The zero-order chi connectivity index (χ0) is 23.0. The first-order valence-corrected chi connectivity index (χ1v) is 10.2. The van der Waals surface area contributed by atoms with Crippen LogP contribution in [0.5, 0.6) is 11.6 Å². The van der Waals surface area contributed by atoms with E-state index < -0.39 is 17.2 Å². The van der Waals surface area contributed by atoms with Crippen molar-refractivity contribution in [2.45, 2.75) is 32.6 Å². The van der Waals surface area contributed by atoms with Crippen LogP contribution in [0.15, 0.2) is 35.7 Å². The van der Waals surface area contributed by atoms with Crippen LogP contribution in [-0.4, -0.2) is 24.6 Å². The molecule has 1 atom stereocenters. The van der Waals surface area contributed by atoms with Gasteiger partial charge in [0.15, 0.2) is 0 Å². The summed E-state index contributed by atoms with van der Waals surface area (Å²) in [5, 5.41) is 22.0. The van der Waals surface area contributed by atoms with E-state index in [1.807, 2.05) is 6.92 Å². The molecule has 1 saturated carbocycles. The number of hydrogen-bond acceptors (Lipinski definition) is 7. The van der Waals surface area contributed by atoms with Gasteiger partial charge in [0, 0.05) is 23.0 Å². The maximum absolute atomic E-state index is 12.6. The molecule has 1 fully saturated rings. The van der Waals surface area contributed by atoms with Crippen molar-refractivity contribution in [1.82, 2.24) is 4.98 Å². The van der Waals surface area contributed by atoms with Gasteiger partial charge in [-0.15, -0.1) is 0 Å². The van der Waals surface area contributed by atoms with E-state index in [0.29, 0.717) is 39.6 Å². The fraction of sp³-hybridized carbons (Fsp3) is 0.333. The molecule has 1 aliphatic heterocycles. The molecule has 1 amide bonds. The first-order valence-electron chi connectivity index (χ1n) is 10.2. The number of benzene rings is 1. The maximum atomic E-state index is 12.6. The minimum Gasteiger partial charge on any atom is -0.496 e. The van der Waals surface area contributed by atoms with Crippen LogP contribution in [0, 0.1) is 35.0 Å². The number of fused-ring (bicyclic) bond motifs is 1. The molecular formula is C24H23N5O3. The normalized spacial score (nSPS) is 18.0. The van der Waals surface area contributed by atoms with Gasteiger partial charge in [0.25, 0.3) is 0 Å². The van der Waals surface area contributed by atoms with Crippen LogP contribution in [0.1, 0.15) is 47.9 Å². The second kappa shape index (κ2) is 7.90. The monoisotopic (exact) mass is 429 g/mol. The minimum atomic E-state index is -0.619. The molecule has 0 spiro atoms. The van der Waals surface area contributed by atoms with Gasteiger partial charge in [0.1, 0.15) is 12.4 Å². The van der Waals surface area contributed by atoms with Crippen LogP contribution in [-0.2, 0) is 4.79 Å². The van der Waals surface area contributed by atoms with Gasteiger partial charge in [-0.25, -0.2) is 4.98 Å². The number of primary amides is 1. The Morgan fingerprint density at radius 2 is 2.09 bits per heavy atom. The number of nitrogens with two attached hydrogens (primary N) is 1. The van der Waals surface area contributed by atoms with E-state index in [4.69, 9.17) is 15.2 Å². The molecule has 3 N–H and O–H groups in total. The average molecular weight is 429 g/mol. The quantitative estimate of drug-likeness (QED) is 0.719. The number of nitrogens with one attached hydrogen (secondary N) is 1. The molecule has 2 heterocycles. The Hall–Kier alpha value is -4.04. The summed E-state index contributed by atoms with van der Waals surface area (Å²) >= 11 is 0. The summed E-state index contributed by atoms with van der Waals surface area (Å²) in [5.41, 5.74) is 9.72. The molecule has 162 valence electrons. The van der Waals surface area contributed by atoms with Crippen LogP contribution in [0.4, 0.5) is 5.69 Å². The number of aromatic nitrogens is 1. The third kappa shape index (κ3) is 3.50. The number of anilines is 1. The summed E-state index contributed by atoms with van der Waals surface area (Å²) in [6.45, 7) is 3.93. The Balaban J connectivity index is 1.93. The first-order chi connectivity index (χ1) is 15.3. The topological polar surface area (TPSA) is 134 Å². The van der Waals surface area contributed by atoms with Gasteiger partial charge in [0.05, 0.1) is 47.4 Å². The molecule has 1 aromatic heterocycles. The predicted molar refractivity (Wildman–Crippen MR) is 117 cm³/mol. The number of aryl methyl sites for hydroxylation is 1. The predicted octanol–water partition coefficient (Wildman–Crippen LogP) is 3.27. The Bertz CT molecular complexity index is 1230. The smallest absolute Gasteiger partial charge is 0.247 e. The lowest BCUT2D eigenvalue weighted by Crippen LogP contribution is -2.29. The molecule has 0 saturated heterocycles. The van der Waals surface area contributed by atoms with Crippen molar-refractivity contribution in [2.24, 2.45) is 11.1 Å². The highest BCUT2D eigenvalue weighted by Crippen LogP contribution is 2.50.